The number of rotatable bonds is 2. The fourth-order valence-electron chi connectivity index (χ4n) is 2.50. The van der Waals surface area contributed by atoms with E-state index in [-0.39, 0.29) is 41.5 Å². The summed E-state index contributed by atoms with van der Waals surface area (Å²) < 4.78 is 19.2. The molecule has 1 aliphatic heterocycles. The molecule has 2 aromatic rings. The summed E-state index contributed by atoms with van der Waals surface area (Å²) in [6, 6.07) is 2.41. The van der Waals surface area contributed by atoms with Gasteiger partial charge in [0.05, 0.1) is 11.3 Å². The Morgan fingerprint density at radius 3 is 2.52 bits per heavy atom. The normalized spacial score (nSPS) is 15.8. The molecule has 1 saturated heterocycles. The molecule has 0 spiro atoms. The van der Waals surface area contributed by atoms with E-state index in [0.29, 0.717) is 11.8 Å². The molecule has 0 saturated carbocycles. The fraction of sp³-hybridized carbons (Fsp3) is 0.267. The first-order valence-corrected chi connectivity index (χ1v) is 6.56. The molecule has 3 rings (SSSR count). The second kappa shape index (κ2) is 4.80. The summed E-state index contributed by atoms with van der Waals surface area (Å²) in [6.45, 7) is 1.26. The van der Waals surface area contributed by atoms with Crippen LogP contribution in [0.3, 0.4) is 0 Å². The molecule has 2 heterocycles. The first kappa shape index (κ1) is 13.5. The highest BCUT2D eigenvalue weighted by atomic mass is 19.1. The lowest BCUT2D eigenvalue weighted by molar-refractivity contribution is -0.129. The topological polar surface area (TPSA) is 67.6 Å². The molecule has 1 fully saturated rings. The highest BCUT2D eigenvalue weighted by Crippen LogP contribution is 2.33. The molecule has 0 unspecified atom stereocenters. The minimum absolute atomic E-state index is 0.0836. The van der Waals surface area contributed by atoms with E-state index in [1.807, 2.05) is 0 Å². The lowest BCUT2D eigenvalue weighted by atomic mass is 10.1. The second-order valence-corrected chi connectivity index (χ2v) is 4.98. The maximum Gasteiger partial charge on any atom is 0.233 e. The third kappa shape index (κ3) is 2.12. The molecular weight excluding hydrogens is 277 g/mol. The number of fused-ring (bicyclic) bond motifs is 1. The van der Waals surface area contributed by atoms with Crippen LogP contribution in [-0.4, -0.2) is 17.6 Å². The number of anilines is 1. The summed E-state index contributed by atoms with van der Waals surface area (Å²) in [5.74, 6) is -1.78. The van der Waals surface area contributed by atoms with Crippen LogP contribution in [0.4, 0.5) is 10.1 Å². The number of imide groups is 1. The number of halogens is 1. The molecule has 0 atom stereocenters. The van der Waals surface area contributed by atoms with Crippen LogP contribution >= 0.6 is 0 Å². The van der Waals surface area contributed by atoms with E-state index in [4.69, 9.17) is 4.42 Å². The van der Waals surface area contributed by atoms with E-state index >= 15 is 0 Å². The molecule has 5 nitrogen and oxygen atoms in total. The summed E-state index contributed by atoms with van der Waals surface area (Å²) in [4.78, 5) is 36.2. The molecule has 0 radical (unpaired) electrons. The van der Waals surface area contributed by atoms with Gasteiger partial charge in [0.1, 0.15) is 17.7 Å². The highest BCUT2D eigenvalue weighted by molar-refractivity contribution is 6.20. The summed E-state index contributed by atoms with van der Waals surface area (Å²) in [5, 5.41) is 0.307. The van der Waals surface area contributed by atoms with E-state index in [1.54, 1.807) is 0 Å². The van der Waals surface area contributed by atoms with Crippen molar-refractivity contribution in [2.45, 2.75) is 26.2 Å². The number of carbonyl (C=O) groups is 3. The van der Waals surface area contributed by atoms with Gasteiger partial charge in [0, 0.05) is 18.2 Å². The molecule has 2 amide bonds. The van der Waals surface area contributed by atoms with E-state index in [2.05, 4.69) is 0 Å². The average Bonchev–Trinajstić information content (AvgIpc) is 2.80. The van der Waals surface area contributed by atoms with Crippen LogP contribution in [0.1, 0.15) is 36.5 Å². The SMILES string of the molecule is CC(=O)c1cc2occ(N3C(=O)CCCC3=O)c2cc1F. The van der Waals surface area contributed by atoms with Crippen LogP contribution in [0, 0.1) is 5.82 Å². The smallest absolute Gasteiger partial charge is 0.233 e. The zero-order chi connectivity index (χ0) is 15.1. The molecule has 0 aliphatic carbocycles. The summed E-state index contributed by atoms with van der Waals surface area (Å²) in [5.41, 5.74) is 0.413. The van der Waals surface area contributed by atoms with E-state index in [1.165, 1.54) is 19.3 Å². The summed E-state index contributed by atoms with van der Waals surface area (Å²) in [6.07, 6.45) is 2.31. The fourth-order valence-corrected chi connectivity index (χ4v) is 2.50. The highest BCUT2D eigenvalue weighted by Gasteiger charge is 2.30. The van der Waals surface area contributed by atoms with Gasteiger partial charge in [-0.05, 0) is 25.5 Å². The first-order chi connectivity index (χ1) is 9.99. The van der Waals surface area contributed by atoms with Crippen molar-refractivity contribution in [3.05, 3.63) is 29.8 Å². The predicted octanol–water partition coefficient (Wildman–Crippen LogP) is 2.82. The largest absolute Gasteiger partial charge is 0.462 e. The second-order valence-electron chi connectivity index (χ2n) is 4.98. The number of ketones is 1. The number of amides is 2. The molecule has 0 bridgehead atoms. The van der Waals surface area contributed by atoms with Gasteiger partial charge in [0.2, 0.25) is 11.8 Å². The van der Waals surface area contributed by atoms with E-state index in [0.717, 1.165) is 11.0 Å². The van der Waals surface area contributed by atoms with Gasteiger partial charge < -0.3 is 4.42 Å². The lowest BCUT2D eigenvalue weighted by Gasteiger charge is -2.23. The van der Waals surface area contributed by atoms with Gasteiger partial charge in [-0.2, -0.15) is 0 Å². The molecule has 1 aromatic carbocycles. The number of hydrogen-bond donors (Lipinski definition) is 0. The van der Waals surface area contributed by atoms with Crippen molar-refractivity contribution in [1.29, 1.82) is 0 Å². The maximum absolute atomic E-state index is 13.9. The minimum atomic E-state index is -0.699. The Kier molecular flexibility index (Phi) is 3.08. The van der Waals surface area contributed by atoms with Crippen LogP contribution in [0.15, 0.2) is 22.8 Å². The Hall–Kier alpha value is -2.50. The Labute approximate surface area is 119 Å². The lowest BCUT2D eigenvalue weighted by Crippen LogP contribution is -2.40. The van der Waals surface area contributed by atoms with Crippen molar-refractivity contribution in [3.8, 4) is 0 Å². The monoisotopic (exact) mass is 289 g/mol. The van der Waals surface area contributed by atoms with Crippen molar-refractivity contribution in [1.82, 2.24) is 0 Å². The number of furan rings is 1. The zero-order valence-corrected chi connectivity index (χ0v) is 11.3. The molecule has 108 valence electrons. The average molecular weight is 289 g/mol. The van der Waals surface area contributed by atoms with Gasteiger partial charge in [0.15, 0.2) is 5.78 Å². The summed E-state index contributed by atoms with van der Waals surface area (Å²) in [7, 11) is 0. The van der Waals surface area contributed by atoms with Crippen LogP contribution in [0.2, 0.25) is 0 Å². The van der Waals surface area contributed by atoms with Crippen molar-refractivity contribution in [2.24, 2.45) is 0 Å². The van der Waals surface area contributed by atoms with Gasteiger partial charge in [-0.15, -0.1) is 0 Å². The number of nitrogens with zero attached hydrogens (tertiary/aromatic N) is 1. The standard InChI is InChI=1S/C15H12FNO4/c1-8(18)9-6-13-10(5-11(9)16)12(7-21-13)17-14(19)3-2-4-15(17)20/h5-7H,2-4H2,1H3. The molecule has 1 aliphatic rings. The number of benzene rings is 1. The van der Waals surface area contributed by atoms with Crippen LogP contribution in [-0.2, 0) is 9.59 Å². The third-order valence-corrected chi connectivity index (χ3v) is 3.54. The van der Waals surface area contributed by atoms with Crippen molar-refractivity contribution >= 4 is 34.3 Å². The van der Waals surface area contributed by atoms with Gasteiger partial charge in [-0.1, -0.05) is 0 Å². The van der Waals surface area contributed by atoms with Gasteiger partial charge in [-0.3, -0.25) is 14.4 Å². The molecule has 21 heavy (non-hydrogen) atoms. The molecule has 0 N–H and O–H groups in total. The third-order valence-electron chi connectivity index (χ3n) is 3.54. The first-order valence-electron chi connectivity index (χ1n) is 6.56. The molecule has 6 heteroatoms. The summed E-state index contributed by atoms with van der Waals surface area (Å²) >= 11 is 0. The molecule has 1 aromatic heterocycles. The number of hydrogen-bond acceptors (Lipinski definition) is 4. The number of Topliss-reactive ketones (excluding diaryl/α,β-unsaturated/α-hetero) is 1. The zero-order valence-electron chi connectivity index (χ0n) is 11.3. The van der Waals surface area contributed by atoms with Crippen LogP contribution < -0.4 is 4.90 Å². The Bertz CT molecular complexity index is 761. The van der Waals surface area contributed by atoms with Gasteiger partial charge in [0.25, 0.3) is 0 Å². The van der Waals surface area contributed by atoms with Crippen LogP contribution in [0.25, 0.3) is 11.0 Å². The van der Waals surface area contributed by atoms with Gasteiger partial charge >= 0.3 is 0 Å². The Morgan fingerprint density at radius 1 is 1.24 bits per heavy atom. The van der Waals surface area contributed by atoms with Crippen molar-refractivity contribution < 1.29 is 23.2 Å². The Morgan fingerprint density at radius 2 is 1.90 bits per heavy atom. The van der Waals surface area contributed by atoms with Crippen molar-refractivity contribution in [3.63, 3.8) is 0 Å². The number of piperidine rings is 1. The predicted molar refractivity (Wildman–Crippen MR) is 72.5 cm³/mol. The minimum Gasteiger partial charge on any atom is -0.462 e. The Balaban J connectivity index is 2.16. The van der Waals surface area contributed by atoms with E-state index < -0.39 is 11.6 Å². The van der Waals surface area contributed by atoms with Crippen LogP contribution in [0.5, 0.6) is 0 Å². The van der Waals surface area contributed by atoms with Crippen molar-refractivity contribution in [2.75, 3.05) is 4.90 Å². The van der Waals surface area contributed by atoms with E-state index in [9.17, 15) is 18.8 Å². The maximum atomic E-state index is 13.9. The quantitative estimate of drug-likeness (QED) is 0.629. The number of carbonyl (C=O) groups excluding carboxylic acids is 3. The molecular formula is C15H12FNO4. The van der Waals surface area contributed by atoms with Gasteiger partial charge in [-0.25, -0.2) is 9.29 Å².